The third-order valence-electron chi connectivity index (χ3n) is 4.32. The van der Waals surface area contributed by atoms with Crippen molar-refractivity contribution in [1.82, 2.24) is 34.5 Å². The molecule has 4 rings (SSSR count). The van der Waals surface area contributed by atoms with E-state index in [0.717, 1.165) is 19.6 Å². The third-order valence-corrected chi connectivity index (χ3v) is 4.32. The van der Waals surface area contributed by atoms with Crippen LogP contribution in [0.5, 0.6) is 0 Å². The summed E-state index contributed by atoms with van der Waals surface area (Å²) in [6, 6.07) is 5.58. The van der Waals surface area contributed by atoms with Gasteiger partial charge in [0.25, 0.3) is 0 Å². The highest BCUT2D eigenvalue weighted by molar-refractivity contribution is 5.85. The molecule has 0 bridgehead atoms. The molecule has 1 saturated heterocycles. The molecule has 1 fully saturated rings. The summed E-state index contributed by atoms with van der Waals surface area (Å²) in [5.74, 6) is 1.20. The zero-order chi connectivity index (χ0) is 16.5. The molecular weight excluding hydrogens is 346 g/mol. The Morgan fingerprint density at radius 1 is 1.40 bits per heavy atom. The van der Waals surface area contributed by atoms with Crippen LogP contribution >= 0.6 is 12.4 Å². The Morgan fingerprint density at radius 2 is 2.28 bits per heavy atom. The van der Waals surface area contributed by atoms with E-state index in [9.17, 15) is 4.79 Å². The van der Waals surface area contributed by atoms with Crippen molar-refractivity contribution in [3.63, 3.8) is 0 Å². The van der Waals surface area contributed by atoms with Gasteiger partial charge >= 0.3 is 5.69 Å². The van der Waals surface area contributed by atoms with E-state index in [2.05, 4.69) is 32.5 Å². The summed E-state index contributed by atoms with van der Waals surface area (Å²) in [5.41, 5.74) is 0.463. The average molecular weight is 366 g/mol. The molecule has 3 aromatic rings. The Kier molecular flexibility index (Phi) is 5.16. The van der Waals surface area contributed by atoms with Crippen LogP contribution in [-0.4, -0.2) is 55.9 Å². The van der Waals surface area contributed by atoms with Crippen molar-refractivity contribution in [2.24, 2.45) is 0 Å². The summed E-state index contributed by atoms with van der Waals surface area (Å²) in [6.45, 7) is 3.13. The number of halogens is 1. The first kappa shape index (κ1) is 17.6. The molecule has 0 aromatic carbocycles. The number of pyridine rings is 1. The second kappa shape index (κ2) is 7.34. The highest BCUT2D eigenvalue weighted by atomic mass is 35.5. The standard InChI is InChI=1S/C15H19N7O2.ClH/c1-20-9-6-16-10-11(20)14-17-13(24-19-14)5-8-22-15(23)21-7-3-2-4-12(21)18-22;/h2-4,7,11,16H,5-6,8-10H2,1H3;1H. The van der Waals surface area contributed by atoms with Crippen LogP contribution in [0.1, 0.15) is 17.8 Å². The molecule has 10 heteroatoms. The molecule has 0 saturated carbocycles. The predicted molar refractivity (Wildman–Crippen MR) is 92.9 cm³/mol. The number of fused-ring (bicyclic) bond motifs is 1. The number of piperazine rings is 1. The first-order valence-corrected chi connectivity index (χ1v) is 8.00. The molecule has 0 aliphatic carbocycles. The number of rotatable bonds is 4. The van der Waals surface area contributed by atoms with Gasteiger partial charge in [0.15, 0.2) is 11.5 Å². The predicted octanol–water partition coefficient (Wildman–Crippen LogP) is 0.120. The summed E-state index contributed by atoms with van der Waals surface area (Å²) in [6.07, 6.45) is 2.18. The molecule has 25 heavy (non-hydrogen) atoms. The number of nitrogens with one attached hydrogen (secondary N) is 1. The maximum atomic E-state index is 12.2. The monoisotopic (exact) mass is 365 g/mol. The topological polar surface area (TPSA) is 93.5 Å². The molecular formula is C15H20ClN7O2. The minimum atomic E-state index is -0.165. The van der Waals surface area contributed by atoms with Crippen LogP contribution in [0.25, 0.3) is 5.65 Å². The molecule has 1 aliphatic rings. The number of hydrogen-bond acceptors (Lipinski definition) is 7. The van der Waals surface area contributed by atoms with E-state index in [1.54, 1.807) is 18.3 Å². The number of aromatic nitrogens is 5. The Labute approximate surface area is 150 Å². The van der Waals surface area contributed by atoms with E-state index in [1.165, 1.54) is 9.08 Å². The van der Waals surface area contributed by atoms with Gasteiger partial charge in [-0.25, -0.2) is 9.48 Å². The molecule has 9 nitrogen and oxygen atoms in total. The van der Waals surface area contributed by atoms with Crippen LogP contribution in [0.4, 0.5) is 0 Å². The minimum absolute atomic E-state index is 0. The van der Waals surface area contributed by atoms with Gasteiger partial charge in [-0.3, -0.25) is 9.30 Å². The maximum Gasteiger partial charge on any atom is 0.350 e. The maximum absolute atomic E-state index is 12.2. The van der Waals surface area contributed by atoms with E-state index in [-0.39, 0.29) is 24.1 Å². The fraction of sp³-hybridized carbons (Fsp3) is 0.467. The lowest BCUT2D eigenvalue weighted by Crippen LogP contribution is -2.44. The van der Waals surface area contributed by atoms with Gasteiger partial charge in [-0.2, -0.15) is 4.98 Å². The van der Waals surface area contributed by atoms with Crippen LogP contribution in [0, 0.1) is 0 Å². The van der Waals surface area contributed by atoms with E-state index in [1.807, 2.05) is 6.07 Å². The quantitative estimate of drug-likeness (QED) is 0.701. The lowest BCUT2D eigenvalue weighted by molar-refractivity contribution is 0.190. The number of nitrogens with zero attached hydrogens (tertiary/aromatic N) is 6. The van der Waals surface area contributed by atoms with Gasteiger partial charge < -0.3 is 9.84 Å². The SMILES string of the molecule is CN1CCNCC1c1noc(CCn2nc3ccccn3c2=O)n1.Cl. The highest BCUT2D eigenvalue weighted by Gasteiger charge is 2.25. The molecule has 1 N–H and O–H groups in total. The first-order chi connectivity index (χ1) is 11.7. The zero-order valence-corrected chi connectivity index (χ0v) is 14.6. The molecule has 1 atom stereocenters. The Balaban J connectivity index is 0.00000182. The molecule has 4 heterocycles. The van der Waals surface area contributed by atoms with Crippen LogP contribution < -0.4 is 11.0 Å². The van der Waals surface area contributed by atoms with E-state index < -0.39 is 0 Å². The van der Waals surface area contributed by atoms with Gasteiger partial charge in [0, 0.05) is 32.3 Å². The van der Waals surface area contributed by atoms with Crippen molar-refractivity contribution in [2.75, 3.05) is 26.7 Å². The molecule has 134 valence electrons. The summed E-state index contributed by atoms with van der Waals surface area (Å²) in [7, 11) is 2.05. The van der Waals surface area contributed by atoms with E-state index in [4.69, 9.17) is 4.52 Å². The molecule has 1 unspecified atom stereocenters. The van der Waals surface area contributed by atoms with Crippen molar-refractivity contribution in [2.45, 2.75) is 19.0 Å². The lowest BCUT2D eigenvalue weighted by Gasteiger charge is -2.30. The smallest absolute Gasteiger partial charge is 0.339 e. The van der Waals surface area contributed by atoms with Crippen LogP contribution in [0.2, 0.25) is 0 Å². The summed E-state index contributed by atoms with van der Waals surface area (Å²) in [5, 5.41) is 11.7. The van der Waals surface area contributed by atoms with E-state index >= 15 is 0 Å². The largest absolute Gasteiger partial charge is 0.350 e. The van der Waals surface area contributed by atoms with Gasteiger partial charge in [-0.1, -0.05) is 11.2 Å². The van der Waals surface area contributed by atoms with Crippen molar-refractivity contribution in [1.29, 1.82) is 0 Å². The molecule has 0 radical (unpaired) electrons. The van der Waals surface area contributed by atoms with Crippen LogP contribution in [0.15, 0.2) is 33.7 Å². The van der Waals surface area contributed by atoms with Crippen molar-refractivity contribution < 1.29 is 4.52 Å². The van der Waals surface area contributed by atoms with Gasteiger partial charge in [-0.15, -0.1) is 17.5 Å². The lowest BCUT2D eigenvalue weighted by atomic mass is 10.2. The van der Waals surface area contributed by atoms with Crippen molar-refractivity contribution >= 4 is 18.1 Å². The summed E-state index contributed by atoms with van der Waals surface area (Å²) in [4.78, 5) is 18.9. The Morgan fingerprint density at radius 3 is 3.08 bits per heavy atom. The summed E-state index contributed by atoms with van der Waals surface area (Å²) < 4.78 is 8.28. The molecule has 1 aliphatic heterocycles. The second-order valence-corrected chi connectivity index (χ2v) is 5.93. The van der Waals surface area contributed by atoms with Gasteiger partial charge in [0.1, 0.15) is 0 Å². The highest BCUT2D eigenvalue weighted by Crippen LogP contribution is 2.17. The number of hydrogen-bond donors (Lipinski definition) is 1. The van der Waals surface area contributed by atoms with Gasteiger partial charge in [0.05, 0.1) is 12.6 Å². The molecule has 0 amide bonds. The van der Waals surface area contributed by atoms with Crippen LogP contribution in [0.3, 0.4) is 0 Å². The molecule has 3 aromatic heterocycles. The van der Waals surface area contributed by atoms with Crippen molar-refractivity contribution in [3.05, 3.63) is 46.6 Å². The number of likely N-dealkylation sites (N-methyl/N-ethyl adjacent to an activating group) is 1. The Bertz CT molecular complexity index is 903. The normalized spacial score (nSPS) is 18.4. The first-order valence-electron chi connectivity index (χ1n) is 8.00. The fourth-order valence-corrected chi connectivity index (χ4v) is 2.91. The number of aryl methyl sites for hydroxylation is 2. The third kappa shape index (κ3) is 3.44. The average Bonchev–Trinajstić information content (AvgIpc) is 3.19. The Hall–Kier alpha value is -2.23. The fourth-order valence-electron chi connectivity index (χ4n) is 2.91. The zero-order valence-electron chi connectivity index (χ0n) is 13.8. The van der Waals surface area contributed by atoms with E-state index in [0.29, 0.717) is 30.3 Å². The summed E-state index contributed by atoms with van der Waals surface area (Å²) >= 11 is 0. The van der Waals surface area contributed by atoms with Crippen molar-refractivity contribution in [3.8, 4) is 0 Å². The minimum Gasteiger partial charge on any atom is -0.339 e. The van der Waals surface area contributed by atoms with Gasteiger partial charge in [0.2, 0.25) is 5.89 Å². The molecule has 0 spiro atoms. The van der Waals surface area contributed by atoms with Crippen LogP contribution in [-0.2, 0) is 13.0 Å². The second-order valence-electron chi connectivity index (χ2n) is 5.93. The van der Waals surface area contributed by atoms with Gasteiger partial charge in [-0.05, 0) is 19.2 Å².